The van der Waals surface area contributed by atoms with E-state index in [0.717, 1.165) is 37.4 Å². The first-order chi connectivity index (χ1) is 17.6. The van der Waals surface area contributed by atoms with Crippen LogP contribution in [0.3, 0.4) is 0 Å². The van der Waals surface area contributed by atoms with Crippen LogP contribution in [0.25, 0.3) is 0 Å². The average molecular weight is 556 g/mol. The Balaban J connectivity index is 0.00000320. The Labute approximate surface area is 237 Å². The zero-order valence-electron chi connectivity index (χ0n) is 22.2. The number of halogens is 1. The van der Waals surface area contributed by atoms with Crippen molar-refractivity contribution >= 4 is 35.9 Å². The van der Waals surface area contributed by atoms with E-state index in [1.54, 1.807) is 14.2 Å². The number of methoxy groups -OCH3 is 2. The van der Waals surface area contributed by atoms with Crippen molar-refractivity contribution in [2.24, 2.45) is 11.8 Å². The van der Waals surface area contributed by atoms with E-state index in [1.165, 1.54) is 27.3 Å². The van der Waals surface area contributed by atoms with Crippen LogP contribution in [0.1, 0.15) is 43.9 Å². The standard InChI is InChI=1S/C31H37NO2S2.ClH/c1-5-22(2)27-21-32-17-16-23-18-29(33-3)30(34-4)19-26(23)28(32)20-31(27,35-24-12-8-6-9-13-24)36-25-14-10-7-11-15-25;/h6-15,18-19,22,27-28H,5,16-17,20-21H2,1-4H3;1H. The van der Waals surface area contributed by atoms with Gasteiger partial charge < -0.3 is 9.47 Å². The van der Waals surface area contributed by atoms with E-state index < -0.39 is 0 Å². The normalized spacial score (nSPS) is 21.2. The number of benzene rings is 3. The highest BCUT2D eigenvalue weighted by Crippen LogP contribution is 2.61. The van der Waals surface area contributed by atoms with E-state index in [2.05, 4.69) is 115 Å². The van der Waals surface area contributed by atoms with Crippen LogP contribution >= 0.6 is 35.9 Å². The van der Waals surface area contributed by atoms with Crippen molar-refractivity contribution in [1.29, 1.82) is 0 Å². The molecule has 0 aromatic heterocycles. The maximum absolute atomic E-state index is 5.75. The number of rotatable bonds is 8. The molecule has 1 fully saturated rings. The highest BCUT2D eigenvalue weighted by Gasteiger charge is 2.51. The fourth-order valence-electron chi connectivity index (χ4n) is 5.88. The van der Waals surface area contributed by atoms with Crippen molar-refractivity contribution in [2.75, 3.05) is 27.3 Å². The molecule has 0 spiro atoms. The van der Waals surface area contributed by atoms with Crippen LogP contribution in [-0.4, -0.2) is 36.3 Å². The molecule has 0 bridgehead atoms. The van der Waals surface area contributed by atoms with Gasteiger partial charge in [0, 0.05) is 28.9 Å². The molecule has 2 aliphatic rings. The van der Waals surface area contributed by atoms with Crippen molar-refractivity contribution in [2.45, 2.75) is 53.0 Å². The van der Waals surface area contributed by atoms with E-state index in [9.17, 15) is 0 Å². The first kappa shape index (κ1) is 28.2. The maximum Gasteiger partial charge on any atom is 0.161 e. The number of fused-ring (bicyclic) bond motifs is 3. The van der Waals surface area contributed by atoms with E-state index in [4.69, 9.17) is 9.47 Å². The lowest BCUT2D eigenvalue weighted by Gasteiger charge is -2.54. The second kappa shape index (κ2) is 12.4. The SMILES string of the molecule is CCC(C)C1CN2CCc3cc(OC)c(OC)cc3C2CC1(Sc1ccccc1)Sc1ccccc1.Cl. The minimum atomic E-state index is 0. The lowest BCUT2D eigenvalue weighted by atomic mass is 9.77. The molecule has 3 atom stereocenters. The summed E-state index contributed by atoms with van der Waals surface area (Å²) < 4.78 is 11.4. The molecular formula is C31H38ClNO2S2. The van der Waals surface area contributed by atoms with Gasteiger partial charge in [-0.3, -0.25) is 4.90 Å². The first-order valence-electron chi connectivity index (χ1n) is 13.0. The number of hydrogen-bond donors (Lipinski definition) is 0. The maximum atomic E-state index is 5.75. The molecule has 37 heavy (non-hydrogen) atoms. The molecule has 3 aromatic rings. The van der Waals surface area contributed by atoms with Crippen LogP contribution in [0, 0.1) is 11.8 Å². The number of ether oxygens (including phenoxy) is 2. The van der Waals surface area contributed by atoms with Gasteiger partial charge in [-0.05, 0) is 72.2 Å². The van der Waals surface area contributed by atoms with Crippen molar-refractivity contribution < 1.29 is 9.47 Å². The summed E-state index contributed by atoms with van der Waals surface area (Å²) in [6.45, 7) is 7.03. The molecule has 6 heteroatoms. The fraction of sp³-hybridized carbons (Fsp3) is 0.419. The minimum absolute atomic E-state index is 0. The van der Waals surface area contributed by atoms with Crippen molar-refractivity contribution in [3.63, 3.8) is 0 Å². The van der Waals surface area contributed by atoms with Crippen molar-refractivity contribution in [1.82, 2.24) is 4.90 Å². The van der Waals surface area contributed by atoms with Gasteiger partial charge in [-0.2, -0.15) is 0 Å². The topological polar surface area (TPSA) is 21.7 Å². The molecule has 1 saturated heterocycles. The molecule has 2 aliphatic heterocycles. The smallest absolute Gasteiger partial charge is 0.161 e. The molecule has 2 heterocycles. The van der Waals surface area contributed by atoms with E-state index in [-0.39, 0.29) is 16.5 Å². The minimum Gasteiger partial charge on any atom is -0.493 e. The number of piperidine rings is 1. The number of hydrogen-bond acceptors (Lipinski definition) is 5. The summed E-state index contributed by atoms with van der Waals surface area (Å²) in [5.74, 6) is 2.86. The Morgan fingerprint density at radius 2 is 1.49 bits per heavy atom. The van der Waals surface area contributed by atoms with Gasteiger partial charge in [0.25, 0.3) is 0 Å². The van der Waals surface area contributed by atoms with Crippen molar-refractivity contribution in [3.8, 4) is 11.5 Å². The molecule has 3 unspecified atom stereocenters. The third-order valence-electron chi connectivity index (χ3n) is 7.99. The summed E-state index contributed by atoms with van der Waals surface area (Å²) in [7, 11) is 3.47. The Bertz CT molecular complexity index is 1120. The predicted molar refractivity (Wildman–Crippen MR) is 160 cm³/mol. The monoisotopic (exact) mass is 555 g/mol. The molecule has 0 aliphatic carbocycles. The van der Waals surface area contributed by atoms with Gasteiger partial charge in [0.1, 0.15) is 0 Å². The lowest BCUT2D eigenvalue weighted by molar-refractivity contribution is 0.0713. The van der Waals surface area contributed by atoms with E-state index in [0.29, 0.717) is 17.9 Å². The molecule has 0 saturated carbocycles. The molecule has 0 radical (unpaired) electrons. The fourth-order valence-corrected chi connectivity index (χ4v) is 9.41. The quantitative estimate of drug-likeness (QED) is 0.259. The molecule has 3 aromatic carbocycles. The summed E-state index contributed by atoms with van der Waals surface area (Å²) >= 11 is 4.17. The average Bonchev–Trinajstić information content (AvgIpc) is 2.92. The van der Waals surface area contributed by atoms with Crippen LogP contribution in [0.4, 0.5) is 0 Å². The Morgan fingerprint density at radius 3 is 2.03 bits per heavy atom. The second-order valence-electron chi connectivity index (χ2n) is 10.0. The van der Waals surface area contributed by atoms with Crippen LogP contribution < -0.4 is 9.47 Å². The summed E-state index contributed by atoms with van der Waals surface area (Å²) in [4.78, 5) is 5.46. The Hall–Kier alpha value is -1.79. The zero-order chi connectivity index (χ0) is 25.1. The third-order valence-corrected chi connectivity index (χ3v) is 11.1. The highest BCUT2D eigenvalue weighted by molar-refractivity contribution is 8.18. The van der Waals surface area contributed by atoms with Gasteiger partial charge in [-0.15, -0.1) is 35.9 Å². The van der Waals surface area contributed by atoms with Gasteiger partial charge in [0.05, 0.1) is 18.3 Å². The molecular weight excluding hydrogens is 518 g/mol. The van der Waals surface area contributed by atoms with Gasteiger partial charge in [0.15, 0.2) is 11.5 Å². The van der Waals surface area contributed by atoms with Crippen LogP contribution in [-0.2, 0) is 6.42 Å². The Kier molecular flexibility index (Phi) is 9.44. The van der Waals surface area contributed by atoms with Gasteiger partial charge >= 0.3 is 0 Å². The van der Waals surface area contributed by atoms with Crippen LogP contribution in [0.15, 0.2) is 82.6 Å². The summed E-state index contributed by atoms with van der Waals surface area (Å²) in [5.41, 5.74) is 2.81. The highest BCUT2D eigenvalue weighted by atomic mass is 35.5. The van der Waals surface area contributed by atoms with Gasteiger partial charge in [0.2, 0.25) is 0 Å². The summed E-state index contributed by atoms with van der Waals surface area (Å²) in [6.07, 6.45) is 3.34. The second-order valence-corrected chi connectivity index (χ2v) is 13.1. The predicted octanol–water partition coefficient (Wildman–Crippen LogP) is 8.37. The molecule has 0 amide bonds. The third kappa shape index (κ3) is 5.80. The lowest BCUT2D eigenvalue weighted by Crippen LogP contribution is -2.53. The van der Waals surface area contributed by atoms with E-state index in [1.807, 2.05) is 0 Å². The summed E-state index contributed by atoms with van der Waals surface area (Å²) in [5, 5.41) is 0. The van der Waals surface area contributed by atoms with Gasteiger partial charge in [-0.25, -0.2) is 0 Å². The zero-order valence-corrected chi connectivity index (χ0v) is 24.6. The van der Waals surface area contributed by atoms with Crippen LogP contribution in [0.2, 0.25) is 0 Å². The molecule has 5 rings (SSSR count). The van der Waals surface area contributed by atoms with Crippen LogP contribution in [0.5, 0.6) is 11.5 Å². The van der Waals surface area contributed by atoms with E-state index >= 15 is 0 Å². The first-order valence-corrected chi connectivity index (χ1v) is 14.7. The molecule has 3 nitrogen and oxygen atoms in total. The Morgan fingerprint density at radius 1 is 0.919 bits per heavy atom. The van der Waals surface area contributed by atoms with Crippen molar-refractivity contribution in [3.05, 3.63) is 83.9 Å². The summed E-state index contributed by atoms with van der Waals surface area (Å²) in [6, 6.07) is 26.9. The molecule has 198 valence electrons. The van der Waals surface area contributed by atoms with Gasteiger partial charge in [-0.1, -0.05) is 56.7 Å². The number of thioether (sulfide) groups is 2. The largest absolute Gasteiger partial charge is 0.493 e. The number of nitrogens with zero attached hydrogens (tertiary/aromatic N) is 1. The molecule has 0 N–H and O–H groups in total.